The summed E-state index contributed by atoms with van der Waals surface area (Å²) < 4.78 is 35.2. The Morgan fingerprint density at radius 3 is 2.59 bits per heavy atom. The molecule has 212 valence electrons. The SMILES string of the molecule is CC(C)n1cc(-c2cnn(CC3(O)COC3)c2)c2cnc(Cc3ccnc(-c4cnn(S(=O)(=O)C5CC5)c4)n3)cc21. The Kier molecular flexibility index (Phi) is 6.07. The summed E-state index contributed by atoms with van der Waals surface area (Å²) in [4.78, 5) is 13.8. The lowest BCUT2D eigenvalue weighted by Crippen LogP contribution is -2.52. The van der Waals surface area contributed by atoms with Crippen molar-refractivity contribution in [3.05, 3.63) is 66.9 Å². The third-order valence-electron chi connectivity index (χ3n) is 7.57. The van der Waals surface area contributed by atoms with Crippen molar-refractivity contribution in [1.82, 2.24) is 38.5 Å². The summed E-state index contributed by atoms with van der Waals surface area (Å²) in [6.45, 7) is 5.30. The average Bonchev–Trinajstić information content (AvgIpc) is 3.33. The van der Waals surface area contributed by atoms with E-state index in [0.717, 1.165) is 37.5 Å². The van der Waals surface area contributed by atoms with Crippen LogP contribution in [0, 0.1) is 0 Å². The van der Waals surface area contributed by atoms with Crippen molar-refractivity contribution in [2.75, 3.05) is 13.2 Å². The summed E-state index contributed by atoms with van der Waals surface area (Å²) in [5.74, 6) is 0.420. The van der Waals surface area contributed by atoms with Crippen LogP contribution in [-0.4, -0.2) is 76.1 Å². The number of nitrogens with zero attached hydrogens (tertiary/aromatic N) is 8. The smallest absolute Gasteiger partial charge is 0.256 e. The molecule has 7 rings (SSSR count). The van der Waals surface area contributed by atoms with Crippen LogP contribution in [0.25, 0.3) is 33.4 Å². The van der Waals surface area contributed by atoms with E-state index in [4.69, 9.17) is 9.72 Å². The molecule has 1 aliphatic carbocycles. The second-order valence-electron chi connectivity index (χ2n) is 11.3. The molecule has 2 fully saturated rings. The number of aliphatic hydroxyl groups is 1. The highest BCUT2D eigenvalue weighted by Crippen LogP contribution is 2.33. The Balaban J connectivity index is 1.16. The van der Waals surface area contributed by atoms with Gasteiger partial charge in [-0.1, -0.05) is 0 Å². The molecule has 6 heterocycles. The molecular weight excluding hydrogens is 544 g/mol. The van der Waals surface area contributed by atoms with Crippen molar-refractivity contribution >= 4 is 20.9 Å². The first-order valence-corrected chi connectivity index (χ1v) is 15.1. The van der Waals surface area contributed by atoms with E-state index in [1.54, 1.807) is 10.9 Å². The van der Waals surface area contributed by atoms with Gasteiger partial charge >= 0.3 is 0 Å². The van der Waals surface area contributed by atoms with E-state index in [9.17, 15) is 13.5 Å². The van der Waals surface area contributed by atoms with E-state index < -0.39 is 15.6 Å². The minimum absolute atomic E-state index is 0.221. The number of fused-ring (bicyclic) bond motifs is 1. The number of rotatable bonds is 9. The Morgan fingerprint density at radius 1 is 1.05 bits per heavy atom. The van der Waals surface area contributed by atoms with Crippen molar-refractivity contribution in [3.8, 4) is 22.5 Å². The zero-order valence-corrected chi connectivity index (χ0v) is 23.6. The summed E-state index contributed by atoms with van der Waals surface area (Å²) in [6.07, 6.45) is 14.2. The van der Waals surface area contributed by atoms with Crippen molar-refractivity contribution in [2.24, 2.45) is 0 Å². The largest absolute Gasteiger partial charge is 0.383 e. The highest BCUT2D eigenvalue weighted by Gasteiger charge is 2.38. The lowest BCUT2D eigenvalue weighted by Gasteiger charge is -2.35. The standard InChI is InChI=1S/C28H30N8O4S/c1-18(2)35-14-25(19-9-31-34(12-19)15-28(37)16-40-17-28)24-11-30-22(8-26(24)35)7-21-5-6-29-27(33-21)20-10-32-36(13-20)41(38,39)23-3-4-23/h5-6,8-14,18,23,37H,3-4,7,15-17H2,1-2H3. The summed E-state index contributed by atoms with van der Waals surface area (Å²) in [5, 5.41) is 19.6. The van der Waals surface area contributed by atoms with Crippen LogP contribution < -0.4 is 0 Å². The summed E-state index contributed by atoms with van der Waals surface area (Å²) in [5.41, 5.74) is 4.34. The van der Waals surface area contributed by atoms with E-state index in [1.807, 2.05) is 24.7 Å². The molecule has 41 heavy (non-hydrogen) atoms. The molecule has 5 aromatic heterocycles. The number of aromatic nitrogens is 8. The molecule has 0 spiro atoms. The third kappa shape index (κ3) is 4.83. The van der Waals surface area contributed by atoms with E-state index in [0.29, 0.717) is 50.4 Å². The zero-order chi connectivity index (χ0) is 28.4. The fourth-order valence-electron chi connectivity index (χ4n) is 5.16. The van der Waals surface area contributed by atoms with Crippen LogP contribution in [0.15, 0.2) is 55.5 Å². The Hall–Kier alpha value is -3.94. The number of hydrogen-bond donors (Lipinski definition) is 1. The number of ether oxygens (including phenoxy) is 1. The molecule has 0 bridgehead atoms. The van der Waals surface area contributed by atoms with Gasteiger partial charge in [0.25, 0.3) is 10.0 Å². The van der Waals surface area contributed by atoms with Gasteiger partial charge in [0.1, 0.15) is 5.60 Å². The third-order valence-corrected chi connectivity index (χ3v) is 9.61. The summed E-state index contributed by atoms with van der Waals surface area (Å²) in [6, 6.07) is 4.14. The molecule has 1 N–H and O–H groups in total. The second-order valence-corrected chi connectivity index (χ2v) is 13.3. The molecule has 0 amide bonds. The highest BCUT2D eigenvalue weighted by atomic mass is 32.2. The molecule has 1 aliphatic heterocycles. The first-order valence-electron chi connectivity index (χ1n) is 13.6. The van der Waals surface area contributed by atoms with Crippen molar-refractivity contribution < 1.29 is 18.3 Å². The minimum atomic E-state index is -3.45. The molecule has 1 saturated carbocycles. The van der Waals surface area contributed by atoms with Gasteiger partial charge in [-0.25, -0.2) is 18.4 Å². The van der Waals surface area contributed by atoms with Crippen molar-refractivity contribution in [1.29, 1.82) is 0 Å². The fourth-order valence-corrected chi connectivity index (χ4v) is 6.63. The normalized spacial score (nSPS) is 16.9. The van der Waals surface area contributed by atoms with Crippen molar-refractivity contribution in [3.63, 3.8) is 0 Å². The van der Waals surface area contributed by atoms with Gasteiger partial charge < -0.3 is 14.4 Å². The molecule has 0 unspecified atom stereocenters. The molecule has 0 radical (unpaired) electrons. The van der Waals surface area contributed by atoms with Crippen LogP contribution in [0.1, 0.15) is 44.1 Å². The lowest BCUT2D eigenvalue weighted by atomic mass is 10.0. The maximum atomic E-state index is 12.5. The van der Waals surface area contributed by atoms with E-state index in [-0.39, 0.29) is 11.3 Å². The predicted octanol–water partition coefficient (Wildman–Crippen LogP) is 2.83. The van der Waals surface area contributed by atoms with Crippen LogP contribution >= 0.6 is 0 Å². The van der Waals surface area contributed by atoms with Gasteiger partial charge in [-0.05, 0) is 38.8 Å². The first kappa shape index (κ1) is 26.0. The van der Waals surface area contributed by atoms with Gasteiger partial charge in [0.15, 0.2) is 5.82 Å². The molecule has 5 aromatic rings. The molecular formula is C28H30N8O4S. The van der Waals surface area contributed by atoms with E-state index in [2.05, 4.69) is 50.8 Å². The molecule has 0 atom stereocenters. The van der Waals surface area contributed by atoms with Gasteiger partial charge in [0, 0.05) is 59.5 Å². The Labute approximate surface area is 236 Å². The Morgan fingerprint density at radius 2 is 1.85 bits per heavy atom. The van der Waals surface area contributed by atoms with Gasteiger partial charge in [-0.3, -0.25) is 9.67 Å². The van der Waals surface area contributed by atoms with Crippen LogP contribution in [-0.2, 0) is 27.7 Å². The monoisotopic (exact) mass is 574 g/mol. The van der Waals surface area contributed by atoms with Crippen LogP contribution in [0.2, 0.25) is 0 Å². The zero-order valence-electron chi connectivity index (χ0n) is 22.8. The van der Waals surface area contributed by atoms with Gasteiger partial charge in [-0.2, -0.15) is 14.3 Å². The van der Waals surface area contributed by atoms with Crippen LogP contribution in [0.3, 0.4) is 0 Å². The van der Waals surface area contributed by atoms with Crippen LogP contribution in [0.5, 0.6) is 0 Å². The first-order chi connectivity index (χ1) is 19.7. The maximum absolute atomic E-state index is 12.5. The number of hydrogen-bond acceptors (Lipinski definition) is 9. The molecule has 2 aliphatic rings. The molecule has 1 saturated heterocycles. The fraction of sp³-hybridized carbons (Fsp3) is 0.393. The maximum Gasteiger partial charge on any atom is 0.256 e. The van der Waals surface area contributed by atoms with Crippen molar-refractivity contribution in [2.45, 2.75) is 56.5 Å². The second kappa shape index (κ2) is 9.57. The molecule has 13 heteroatoms. The molecule has 12 nitrogen and oxygen atoms in total. The Bertz CT molecular complexity index is 1860. The topological polar surface area (TPSA) is 143 Å². The van der Waals surface area contributed by atoms with Gasteiger partial charge in [0.2, 0.25) is 0 Å². The average molecular weight is 575 g/mol. The predicted molar refractivity (Wildman–Crippen MR) is 151 cm³/mol. The van der Waals surface area contributed by atoms with E-state index in [1.165, 1.54) is 12.4 Å². The van der Waals surface area contributed by atoms with Gasteiger partial charge in [-0.15, -0.1) is 0 Å². The minimum Gasteiger partial charge on any atom is -0.383 e. The van der Waals surface area contributed by atoms with Gasteiger partial charge in [0.05, 0.1) is 60.4 Å². The summed E-state index contributed by atoms with van der Waals surface area (Å²) >= 11 is 0. The summed E-state index contributed by atoms with van der Waals surface area (Å²) in [7, 11) is -3.45. The van der Waals surface area contributed by atoms with E-state index >= 15 is 0 Å². The number of pyridine rings is 1. The highest BCUT2D eigenvalue weighted by molar-refractivity contribution is 7.90. The lowest BCUT2D eigenvalue weighted by molar-refractivity contribution is -0.186. The van der Waals surface area contributed by atoms with Crippen LogP contribution in [0.4, 0.5) is 0 Å². The quantitative estimate of drug-likeness (QED) is 0.281. The molecule has 0 aromatic carbocycles.